The van der Waals surface area contributed by atoms with Gasteiger partial charge in [0.15, 0.2) is 0 Å². The highest BCUT2D eigenvalue weighted by molar-refractivity contribution is 7.89. The molecule has 0 aromatic carbocycles. The lowest BCUT2D eigenvalue weighted by molar-refractivity contribution is 0.337. The van der Waals surface area contributed by atoms with E-state index in [0.29, 0.717) is 11.7 Å². The monoisotopic (exact) mass is 175 g/mol. The zero-order valence-electron chi connectivity index (χ0n) is 6.41. The summed E-state index contributed by atoms with van der Waals surface area (Å²) in [5.74, 6) is 0.784. The van der Waals surface area contributed by atoms with Crippen LogP contribution in [0.15, 0.2) is 0 Å². The van der Waals surface area contributed by atoms with Crippen molar-refractivity contribution >= 4 is 10.0 Å². The normalized spacial score (nSPS) is 41.8. The van der Waals surface area contributed by atoms with Crippen LogP contribution in [0.3, 0.4) is 0 Å². The van der Waals surface area contributed by atoms with Gasteiger partial charge in [-0.05, 0) is 18.8 Å². The van der Waals surface area contributed by atoms with Gasteiger partial charge in [-0.25, -0.2) is 13.1 Å². The second kappa shape index (κ2) is 2.45. The van der Waals surface area contributed by atoms with Crippen LogP contribution in [-0.2, 0) is 10.0 Å². The quantitative estimate of drug-likeness (QED) is 0.582. The second-order valence-electron chi connectivity index (χ2n) is 3.55. The number of sulfonamides is 1. The van der Waals surface area contributed by atoms with Gasteiger partial charge in [-0.15, -0.1) is 0 Å². The zero-order valence-corrected chi connectivity index (χ0v) is 7.23. The lowest BCUT2D eigenvalue weighted by atomic mass is 9.87. The van der Waals surface area contributed by atoms with E-state index in [1.807, 2.05) is 0 Å². The van der Waals surface area contributed by atoms with Crippen LogP contribution in [0, 0.1) is 5.92 Å². The Morgan fingerprint density at radius 1 is 1.18 bits per heavy atom. The first-order valence-corrected chi connectivity index (χ1v) is 5.83. The minimum atomic E-state index is -2.88. The summed E-state index contributed by atoms with van der Waals surface area (Å²) in [4.78, 5) is 0. The molecule has 11 heavy (non-hydrogen) atoms. The molecule has 1 aliphatic heterocycles. The van der Waals surface area contributed by atoms with E-state index in [4.69, 9.17) is 0 Å². The number of hydrogen-bond acceptors (Lipinski definition) is 2. The Kier molecular flexibility index (Phi) is 1.68. The van der Waals surface area contributed by atoms with Crippen LogP contribution in [0.4, 0.5) is 0 Å². The Balaban J connectivity index is 2.15. The molecule has 0 aromatic heterocycles. The maximum absolute atomic E-state index is 11.1. The van der Waals surface area contributed by atoms with Crippen LogP contribution in [0.5, 0.6) is 0 Å². The van der Waals surface area contributed by atoms with Gasteiger partial charge in [0.05, 0.1) is 5.75 Å². The summed E-state index contributed by atoms with van der Waals surface area (Å²) in [6, 6.07) is 0.272. The molecule has 2 atom stereocenters. The molecular formula is C7H13NO2S. The first-order valence-electron chi connectivity index (χ1n) is 4.17. The lowest BCUT2D eigenvalue weighted by Gasteiger charge is -2.22. The maximum atomic E-state index is 11.1. The molecule has 2 rings (SSSR count). The van der Waals surface area contributed by atoms with E-state index in [1.54, 1.807) is 0 Å². The molecule has 1 heterocycles. The largest absolute Gasteiger partial charge is 0.212 e. The third-order valence-corrected chi connectivity index (χ3v) is 4.20. The van der Waals surface area contributed by atoms with Gasteiger partial charge in [0.25, 0.3) is 0 Å². The Labute approximate surface area is 67.2 Å². The van der Waals surface area contributed by atoms with E-state index < -0.39 is 10.0 Å². The second-order valence-corrected chi connectivity index (χ2v) is 5.35. The third kappa shape index (κ3) is 1.42. The molecule has 1 saturated heterocycles. The Morgan fingerprint density at radius 3 is 2.64 bits per heavy atom. The lowest BCUT2D eigenvalue weighted by Crippen LogP contribution is -2.30. The Morgan fingerprint density at radius 2 is 1.91 bits per heavy atom. The van der Waals surface area contributed by atoms with Gasteiger partial charge in [0.2, 0.25) is 10.0 Å². The highest BCUT2D eigenvalue weighted by Gasteiger charge is 2.37. The highest BCUT2D eigenvalue weighted by Crippen LogP contribution is 2.30. The molecule has 2 aliphatic rings. The van der Waals surface area contributed by atoms with E-state index in [9.17, 15) is 8.42 Å². The molecule has 64 valence electrons. The standard InChI is InChI=1S/C7H13NO2S/c9-11(10)5-6-3-1-2-4-7(6)8-11/h6-8H,1-5H2. The van der Waals surface area contributed by atoms with E-state index in [-0.39, 0.29) is 6.04 Å². The van der Waals surface area contributed by atoms with E-state index >= 15 is 0 Å². The van der Waals surface area contributed by atoms with E-state index in [2.05, 4.69) is 4.72 Å². The minimum Gasteiger partial charge on any atom is -0.212 e. The summed E-state index contributed by atoms with van der Waals surface area (Å²) in [5, 5.41) is 0. The van der Waals surface area contributed by atoms with Crippen molar-refractivity contribution in [3.63, 3.8) is 0 Å². The minimum absolute atomic E-state index is 0.272. The van der Waals surface area contributed by atoms with Gasteiger partial charge in [0.1, 0.15) is 0 Å². The molecule has 1 N–H and O–H groups in total. The Hall–Kier alpha value is -0.0900. The zero-order chi connectivity index (χ0) is 7.90. The van der Waals surface area contributed by atoms with Crippen molar-refractivity contribution in [3.8, 4) is 0 Å². The molecule has 1 aliphatic carbocycles. The van der Waals surface area contributed by atoms with Crippen molar-refractivity contribution in [2.45, 2.75) is 31.7 Å². The molecule has 1 saturated carbocycles. The van der Waals surface area contributed by atoms with Crippen LogP contribution in [0.25, 0.3) is 0 Å². The van der Waals surface area contributed by atoms with Crippen LogP contribution in [0.2, 0.25) is 0 Å². The van der Waals surface area contributed by atoms with Crippen molar-refractivity contribution in [1.82, 2.24) is 4.72 Å². The fourth-order valence-electron chi connectivity index (χ4n) is 2.12. The smallest absolute Gasteiger partial charge is 0.212 e. The fourth-order valence-corrected chi connectivity index (χ4v) is 3.95. The van der Waals surface area contributed by atoms with Crippen LogP contribution in [-0.4, -0.2) is 20.2 Å². The van der Waals surface area contributed by atoms with Gasteiger partial charge >= 0.3 is 0 Å². The van der Waals surface area contributed by atoms with Crippen molar-refractivity contribution in [1.29, 1.82) is 0 Å². The number of nitrogens with one attached hydrogen (secondary N) is 1. The summed E-state index contributed by atoms with van der Waals surface area (Å²) in [6.07, 6.45) is 4.53. The van der Waals surface area contributed by atoms with E-state index in [1.165, 1.54) is 12.8 Å². The van der Waals surface area contributed by atoms with E-state index in [0.717, 1.165) is 12.8 Å². The molecule has 0 spiro atoms. The van der Waals surface area contributed by atoms with Gasteiger partial charge in [-0.2, -0.15) is 0 Å². The first-order chi connectivity index (χ1) is 5.17. The molecular weight excluding hydrogens is 162 g/mol. The van der Waals surface area contributed by atoms with Crippen molar-refractivity contribution in [3.05, 3.63) is 0 Å². The molecule has 0 radical (unpaired) electrons. The fraction of sp³-hybridized carbons (Fsp3) is 1.00. The van der Waals surface area contributed by atoms with Crippen LogP contribution < -0.4 is 4.72 Å². The molecule has 0 aromatic rings. The average molecular weight is 175 g/mol. The summed E-state index contributed by atoms with van der Waals surface area (Å²) >= 11 is 0. The third-order valence-electron chi connectivity index (χ3n) is 2.67. The first kappa shape index (κ1) is 7.55. The Bertz CT molecular complexity index is 227. The number of rotatable bonds is 0. The van der Waals surface area contributed by atoms with Gasteiger partial charge < -0.3 is 0 Å². The van der Waals surface area contributed by atoms with Crippen molar-refractivity contribution in [2.75, 3.05) is 5.75 Å². The highest BCUT2D eigenvalue weighted by atomic mass is 32.2. The molecule has 2 unspecified atom stereocenters. The average Bonchev–Trinajstić information content (AvgIpc) is 2.21. The predicted molar refractivity (Wildman–Crippen MR) is 42.7 cm³/mol. The van der Waals surface area contributed by atoms with Crippen LogP contribution >= 0.6 is 0 Å². The summed E-state index contributed by atoms with van der Waals surface area (Å²) < 4.78 is 24.9. The SMILES string of the molecule is O=S1(=O)CC2CCCCC2N1. The van der Waals surface area contributed by atoms with Crippen molar-refractivity contribution in [2.24, 2.45) is 5.92 Å². The maximum Gasteiger partial charge on any atom is 0.212 e. The molecule has 2 fully saturated rings. The molecule has 3 nitrogen and oxygen atoms in total. The summed E-state index contributed by atoms with van der Waals surface area (Å²) in [6.45, 7) is 0. The topological polar surface area (TPSA) is 46.2 Å². The van der Waals surface area contributed by atoms with Crippen molar-refractivity contribution < 1.29 is 8.42 Å². The van der Waals surface area contributed by atoms with Gasteiger partial charge in [0, 0.05) is 6.04 Å². The molecule has 0 bridgehead atoms. The predicted octanol–water partition coefficient (Wildman–Crippen LogP) is 0.478. The summed E-state index contributed by atoms with van der Waals surface area (Å²) in [5.41, 5.74) is 0. The summed E-state index contributed by atoms with van der Waals surface area (Å²) in [7, 11) is -2.88. The van der Waals surface area contributed by atoms with Gasteiger partial charge in [-0.1, -0.05) is 12.8 Å². The van der Waals surface area contributed by atoms with Crippen LogP contribution in [0.1, 0.15) is 25.7 Å². The number of fused-ring (bicyclic) bond motifs is 1. The number of hydrogen-bond donors (Lipinski definition) is 1. The van der Waals surface area contributed by atoms with Gasteiger partial charge in [-0.3, -0.25) is 0 Å². The molecule has 4 heteroatoms. The molecule has 0 amide bonds.